The van der Waals surface area contributed by atoms with Crippen LogP contribution >= 0.6 is 12.2 Å². The molecule has 4 atom stereocenters. The van der Waals surface area contributed by atoms with E-state index >= 15 is 0 Å². The zero-order valence-electron chi connectivity index (χ0n) is 12.2. The van der Waals surface area contributed by atoms with Crippen LogP contribution in [0.1, 0.15) is 32.1 Å². The van der Waals surface area contributed by atoms with Gasteiger partial charge in [-0.25, -0.2) is 0 Å². The number of hydrogen-bond donors (Lipinski definition) is 2. The van der Waals surface area contributed by atoms with Gasteiger partial charge in [0.25, 0.3) is 0 Å². The van der Waals surface area contributed by atoms with E-state index in [1.54, 1.807) is 0 Å². The predicted octanol–water partition coefficient (Wildman–Crippen LogP) is 3.80. The molecule has 2 nitrogen and oxygen atoms in total. The van der Waals surface area contributed by atoms with Crippen LogP contribution in [0.2, 0.25) is 0 Å². The molecule has 4 aliphatic rings. The third-order valence-electron chi connectivity index (χ3n) is 7.00. The van der Waals surface area contributed by atoms with Gasteiger partial charge in [-0.1, -0.05) is 18.2 Å². The smallest absolute Gasteiger partial charge is 0.171 e. The molecule has 4 saturated carbocycles. The molecule has 0 aliphatic heterocycles. The minimum atomic E-state index is 0.622. The molecule has 1 aromatic rings. The van der Waals surface area contributed by atoms with Crippen LogP contribution in [0.25, 0.3) is 0 Å². The van der Waals surface area contributed by atoms with Crippen molar-refractivity contribution < 1.29 is 0 Å². The summed E-state index contributed by atoms with van der Waals surface area (Å²) in [4.78, 5) is 0. The number of para-hydroxylation sites is 1. The highest BCUT2D eigenvalue weighted by atomic mass is 32.1. The molecule has 0 aromatic heterocycles. The largest absolute Gasteiger partial charge is 0.359 e. The molecule has 110 valence electrons. The Balaban J connectivity index is 1.30. The Hall–Kier alpha value is -1.09. The molecule has 0 saturated heterocycles. The maximum absolute atomic E-state index is 5.56. The highest BCUT2D eigenvalue weighted by molar-refractivity contribution is 7.80. The van der Waals surface area contributed by atoms with Gasteiger partial charge < -0.3 is 10.6 Å². The van der Waals surface area contributed by atoms with Gasteiger partial charge in [0.05, 0.1) is 0 Å². The fraction of sp³-hybridized carbons (Fsp3) is 0.611. The molecule has 3 bridgehead atoms. The molecular formula is C18H22N2S. The molecule has 4 fully saturated rings. The van der Waals surface area contributed by atoms with Crippen LogP contribution in [0.4, 0.5) is 5.69 Å². The van der Waals surface area contributed by atoms with Gasteiger partial charge >= 0.3 is 0 Å². The van der Waals surface area contributed by atoms with Crippen LogP contribution in [-0.2, 0) is 0 Å². The van der Waals surface area contributed by atoms with Gasteiger partial charge in [0.15, 0.2) is 5.11 Å². The number of thiocarbonyl (C=S) groups is 1. The number of hydrogen-bond acceptors (Lipinski definition) is 1. The molecule has 4 aliphatic carbocycles. The Bertz CT molecular complexity index is 560. The molecule has 3 heteroatoms. The predicted molar refractivity (Wildman–Crippen MR) is 89.1 cm³/mol. The van der Waals surface area contributed by atoms with Gasteiger partial charge in [-0.3, -0.25) is 0 Å². The van der Waals surface area contributed by atoms with Crippen LogP contribution in [0.5, 0.6) is 0 Å². The topological polar surface area (TPSA) is 24.1 Å². The first kappa shape index (κ1) is 12.5. The minimum Gasteiger partial charge on any atom is -0.359 e. The fourth-order valence-electron chi connectivity index (χ4n) is 6.28. The van der Waals surface area contributed by atoms with Gasteiger partial charge in [0.1, 0.15) is 0 Å². The summed E-state index contributed by atoms with van der Waals surface area (Å²) in [6.07, 6.45) is 7.40. The average Bonchev–Trinajstić information content (AvgIpc) is 2.86. The monoisotopic (exact) mass is 298 g/mol. The molecule has 4 unspecified atom stereocenters. The molecule has 2 N–H and O–H groups in total. The van der Waals surface area contributed by atoms with Crippen molar-refractivity contribution in [2.45, 2.75) is 38.1 Å². The van der Waals surface area contributed by atoms with Crippen molar-refractivity contribution in [2.24, 2.45) is 29.1 Å². The van der Waals surface area contributed by atoms with E-state index in [1.807, 2.05) is 18.2 Å². The Morgan fingerprint density at radius 1 is 1.00 bits per heavy atom. The summed E-state index contributed by atoms with van der Waals surface area (Å²) < 4.78 is 0. The van der Waals surface area contributed by atoms with Gasteiger partial charge in [0, 0.05) is 11.7 Å². The third kappa shape index (κ3) is 1.67. The molecule has 0 radical (unpaired) electrons. The van der Waals surface area contributed by atoms with E-state index in [2.05, 4.69) is 22.8 Å². The first-order valence-corrected chi connectivity index (χ1v) is 8.78. The minimum absolute atomic E-state index is 0.622. The van der Waals surface area contributed by atoms with Crippen LogP contribution in [0.15, 0.2) is 30.3 Å². The van der Waals surface area contributed by atoms with Crippen molar-refractivity contribution in [3.63, 3.8) is 0 Å². The highest BCUT2D eigenvalue weighted by Crippen LogP contribution is 2.75. The van der Waals surface area contributed by atoms with E-state index in [1.165, 1.54) is 32.1 Å². The molecule has 5 rings (SSSR count). The first-order chi connectivity index (χ1) is 10.2. The molecule has 1 aromatic carbocycles. The van der Waals surface area contributed by atoms with E-state index in [4.69, 9.17) is 12.2 Å². The second-order valence-corrected chi connectivity index (χ2v) is 8.16. The fourth-order valence-corrected chi connectivity index (χ4v) is 6.53. The molecule has 1 spiro atoms. The van der Waals surface area contributed by atoms with Crippen molar-refractivity contribution in [3.05, 3.63) is 30.3 Å². The summed E-state index contributed by atoms with van der Waals surface area (Å²) >= 11 is 5.56. The average molecular weight is 298 g/mol. The van der Waals surface area contributed by atoms with Crippen molar-refractivity contribution in [1.29, 1.82) is 0 Å². The standard InChI is InChI=1S/C18H22N2S/c21-17(19-15-4-2-1-3-5-15)20-16-11-6-13-8-14-7-12(16)10-18(13,14)9-11/h1-5,11-14,16H,6-10H2,(H2,19,20,21). The van der Waals surface area contributed by atoms with Gasteiger partial charge in [0.2, 0.25) is 0 Å². The maximum atomic E-state index is 5.56. The van der Waals surface area contributed by atoms with E-state index in [9.17, 15) is 0 Å². The Kier molecular flexibility index (Phi) is 2.50. The number of fused-ring (bicyclic) bond motifs is 2. The summed E-state index contributed by atoms with van der Waals surface area (Å²) in [5.41, 5.74) is 1.88. The zero-order valence-corrected chi connectivity index (χ0v) is 13.0. The van der Waals surface area contributed by atoms with Crippen molar-refractivity contribution in [1.82, 2.24) is 5.32 Å². The summed E-state index contributed by atoms with van der Waals surface area (Å²) in [6, 6.07) is 10.9. The van der Waals surface area contributed by atoms with E-state index in [0.717, 1.165) is 39.9 Å². The summed E-state index contributed by atoms with van der Waals surface area (Å²) in [5, 5.41) is 7.84. The lowest BCUT2D eigenvalue weighted by Crippen LogP contribution is -2.48. The second-order valence-electron chi connectivity index (χ2n) is 7.75. The van der Waals surface area contributed by atoms with E-state index in [0.29, 0.717) is 6.04 Å². The first-order valence-electron chi connectivity index (χ1n) is 8.37. The summed E-state index contributed by atoms with van der Waals surface area (Å²) in [6.45, 7) is 0. The van der Waals surface area contributed by atoms with Gasteiger partial charge in [-0.05, 0) is 85.5 Å². The lowest BCUT2D eigenvalue weighted by atomic mass is 9.56. The number of benzene rings is 1. The van der Waals surface area contributed by atoms with Crippen LogP contribution in [0.3, 0.4) is 0 Å². The molecular weight excluding hydrogens is 276 g/mol. The Morgan fingerprint density at radius 3 is 2.33 bits per heavy atom. The van der Waals surface area contributed by atoms with Crippen molar-refractivity contribution >= 4 is 23.0 Å². The van der Waals surface area contributed by atoms with Crippen LogP contribution in [-0.4, -0.2) is 11.2 Å². The van der Waals surface area contributed by atoms with Crippen LogP contribution in [0, 0.1) is 29.1 Å². The Labute approximate surface area is 131 Å². The quantitative estimate of drug-likeness (QED) is 0.812. The van der Waals surface area contributed by atoms with Gasteiger partial charge in [-0.15, -0.1) is 0 Å². The number of rotatable bonds is 2. The zero-order chi connectivity index (χ0) is 14.0. The van der Waals surface area contributed by atoms with Crippen molar-refractivity contribution in [3.8, 4) is 0 Å². The molecule has 0 heterocycles. The normalized spacial score (nSPS) is 45.0. The van der Waals surface area contributed by atoms with E-state index in [-0.39, 0.29) is 0 Å². The lowest BCUT2D eigenvalue weighted by molar-refractivity contribution is -0.000223. The number of anilines is 1. The van der Waals surface area contributed by atoms with E-state index < -0.39 is 0 Å². The van der Waals surface area contributed by atoms with Crippen LogP contribution < -0.4 is 10.6 Å². The molecule has 21 heavy (non-hydrogen) atoms. The van der Waals surface area contributed by atoms with Crippen molar-refractivity contribution in [2.75, 3.05) is 5.32 Å². The maximum Gasteiger partial charge on any atom is 0.171 e. The molecule has 0 amide bonds. The summed E-state index contributed by atoms with van der Waals surface area (Å²) in [5.74, 6) is 3.86. The third-order valence-corrected chi connectivity index (χ3v) is 7.22. The van der Waals surface area contributed by atoms with Gasteiger partial charge in [-0.2, -0.15) is 0 Å². The Morgan fingerprint density at radius 2 is 1.67 bits per heavy atom. The SMILES string of the molecule is S=C(Nc1ccccc1)NC1C2CC3CC4CC1CC34C2. The lowest BCUT2D eigenvalue weighted by Gasteiger charge is -2.49. The highest BCUT2D eigenvalue weighted by Gasteiger charge is 2.68. The number of nitrogens with one attached hydrogen (secondary N) is 2. The summed E-state index contributed by atoms with van der Waals surface area (Å²) in [7, 11) is 0. The second kappa shape index (κ2) is 4.22.